The van der Waals surface area contributed by atoms with Gasteiger partial charge in [-0.05, 0) is 87.5 Å². The van der Waals surface area contributed by atoms with Crippen LogP contribution in [0, 0.1) is 0 Å². The maximum absolute atomic E-state index is 8.36. The SMILES string of the molecule is CN1CCC(N(C)c2ccc(-c3cc4c(Nc5ccccc5P(C)C)ccnc4[nH]3)cc2)CC1.O=CO. The van der Waals surface area contributed by atoms with E-state index in [9.17, 15) is 0 Å². The molecule has 3 heterocycles. The zero-order valence-electron chi connectivity index (χ0n) is 22.0. The lowest BCUT2D eigenvalue weighted by atomic mass is 10.0. The summed E-state index contributed by atoms with van der Waals surface area (Å²) in [4.78, 5) is 21.3. The first-order chi connectivity index (χ1) is 17.9. The topological polar surface area (TPSA) is 84.5 Å². The van der Waals surface area contributed by atoms with Crippen LogP contribution in [0.3, 0.4) is 0 Å². The van der Waals surface area contributed by atoms with Crippen LogP contribution in [0.25, 0.3) is 22.3 Å². The fourth-order valence-corrected chi connectivity index (χ4v) is 5.87. The molecular weight excluding hydrogens is 481 g/mol. The van der Waals surface area contributed by atoms with E-state index in [2.05, 4.69) is 113 Å². The molecule has 8 heteroatoms. The Morgan fingerprint density at radius 3 is 2.43 bits per heavy atom. The first kappa shape index (κ1) is 26.6. The molecule has 0 unspecified atom stereocenters. The number of carbonyl (C=O) groups is 1. The molecular formula is C29H36N5O2P. The van der Waals surface area contributed by atoms with Crippen molar-refractivity contribution in [2.24, 2.45) is 0 Å². The zero-order chi connectivity index (χ0) is 26.4. The van der Waals surface area contributed by atoms with Gasteiger partial charge >= 0.3 is 0 Å². The summed E-state index contributed by atoms with van der Waals surface area (Å²) in [6.07, 6.45) is 4.31. The van der Waals surface area contributed by atoms with Crippen LogP contribution in [0.1, 0.15) is 12.8 Å². The number of likely N-dealkylation sites (tertiary alicyclic amines) is 1. The molecule has 4 aromatic rings. The number of anilines is 3. The molecule has 0 bridgehead atoms. The van der Waals surface area contributed by atoms with Gasteiger partial charge in [-0.1, -0.05) is 38.3 Å². The number of piperidine rings is 1. The Bertz CT molecular complexity index is 1310. The van der Waals surface area contributed by atoms with E-state index in [4.69, 9.17) is 9.90 Å². The first-order valence-electron chi connectivity index (χ1n) is 12.5. The number of pyridine rings is 1. The van der Waals surface area contributed by atoms with E-state index in [1.54, 1.807) is 0 Å². The van der Waals surface area contributed by atoms with E-state index in [0.717, 1.165) is 22.4 Å². The van der Waals surface area contributed by atoms with Crippen molar-refractivity contribution < 1.29 is 9.90 Å². The van der Waals surface area contributed by atoms with Gasteiger partial charge in [0, 0.05) is 41.7 Å². The highest BCUT2D eigenvalue weighted by Gasteiger charge is 2.21. The third kappa shape index (κ3) is 6.30. The Hall–Kier alpha value is -3.41. The molecule has 2 aromatic heterocycles. The van der Waals surface area contributed by atoms with Crippen LogP contribution in [0.2, 0.25) is 0 Å². The molecule has 5 rings (SSSR count). The highest BCUT2D eigenvalue weighted by atomic mass is 31.1. The molecule has 0 spiro atoms. The van der Waals surface area contributed by atoms with Crippen molar-refractivity contribution in [3.05, 3.63) is 66.9 Å². The number of rotatable bonds is 6. The van der Waals surface area contributed by atoms with Crippen LogP contribution < -0.4 is 15.5 Å². The van der Waals surface area contributed by atoms with E-state index >= 15 is 0 Å². The maximum Gasteiger partial charge on any atom is 0.290 e. The minimum Gasteiger partial charge on any atom is -0.483 e. The number of H-pyrrole nitrogens is 1. The molecule has 1 saturated heterocycles. The number of aromatic amines is 1. The fraction of sp³-hybridized carbons (Fsp3) is 0.310. The van der Waals surface area contributed by atoms with E-state index in [1.807, 2.05) is 6.20 Å². The first-order valence-corrected chi connectivity index (χ1v) is 14.8. The zero-order valence-corrected chi connectivity index (χ0v) is 22.9. The van der Waals surface area contributed by atoms with Crippen LogP contribution >= 0.6 is 7.92 Å². The lowest BCUT2D eigenvalue weighted by Crippen LogP contribution is -2.41. The molecule has 1 aliphatic heterocycles. The predicted molar refractivity (Wildman–Crippen MR) is 157 cm³/mol. The summed E-state index contributed by atoms with van der Waals surface area (Å²) in [7, 11) is 4.25. The number of benzene rings is 2. The Morgan fingerprint density at radius 1 is 1.08 bits per heavy atom. The third-order valence-electron chi connectivity index (χ3n) is 7.01. The van der Waals surface area contributed by atoms with Crippen LogP contribution in [0.5, 0.6) is 0 Å². The van der Waals surface area contributed by atoms with E-state index in [-0.39, 0.29) is 14.4 Å². The van der Waals surface area contributed by atoms with E-state index in [1.165, 1.54) is 48.2 Å². The molecule has 1 aliphatic rings. The standard InChI is InChI=1S/C28H34N5P.CH2O2/c1-32-17-14-22(15-18-32)33(2)21-11-9-20(10-12-21)26-19-23-24(13-16-29-28(23)31-26)30-25-7-5-6-8-27(25)34(3)4;2-1-3/h5-13,16,19,22H,14-15,17-18H2,1-4H3,(H2,29,30,31);1H,(H,2,3). The molecule has 0 atom stereocenters. The summed E-state index contributed by atoms with van der Waals surface area (Å²) >= 11 is 0. The van der Waals surface area contributed by atoms with Crippen LogP contribution in [-0.4, -0.2) is 73.0 Å². The third-order valence-corrected chi connectivity index (χ3v) is 8.36. The number of nitrogens with zero attached hydrogens (tertiary/aromatic N) is 3. The average Bonchev–Trinajstić information content (AvgIpc) is 3.35. The number of aromatic nitrogens is 2. The van der Waals surface area contributed by atoms with Crippen LogP contribution in [-0.2, 0) is 4.79 Å². The lowest BCUT2D eigenvalue weighted by molar-refractivity contribution is -0.122. The van der Waals surface area contributed by atoms with Gasteiger partial charge in [0.05, 0.1) is 5.69 Å². The van der Waals surface area contributed by atoms with Gasteiger partial charge in [-0.25, -0.2) is 4.98 Å². The van der Waals surface area contributed by atoms with E-state index < -0.39 is 0 Å². The van der Waals surface area contributed by atoms with Crippen molar-refractivity contribution in [1.82, 2.24) is 14.9 Å². The normalized spacial score (nSPS) is 14.3. The molecule has 0 amide bonds. The van der Waals surface area contributed by atoms with Crippen LogP contribution in [0.15, 0.2) is 66.9 Å². The van der Waals surface area contributed by atoms with Crippen molar-refractivity contribution in [3.63, 3.8) is 0 Å². The number of hydrogen-bond donors (Lipinski definition) is 3. The number of fused-ring (bicyclic) bond motifs is 1. The second-order valence-corrected chi connectivity index (χ2v) is 11.9. The highest BCUT2D eigenvalue weighted by molar-refractivity contribution is 7.64. The predicted octanol–water partition coefficient (Wildman–Crippen LogP) is 5.57. The molecule has 37 heavy (non-hydrogen) atoms. The Balaban J connectivity index is 0.00000102. The van der Waals surface area contributed by atoms with Crippen LogP contribution in [0.4, 0.5) is 17.1 Å². The second-order valence-electron chi connectivity index (χ2n) is 9.64. The Labute approximate surface area is 220 Å². The van der Waals surface area contributed by atoms with Gasteiger partial charge in [0.25, 0.3) is 6.47 Å². The molecule has 3 N–H and O–H groups in total. The van der Waals surface area contributed by atoms with Crippen molar-refractivity contribution >= 4 is 47.8 Å². The molecule has 194 valence electrons. The van der Waals surface area contributed by atoms with Crippen molar-refractivity contribution in [3.8, 4) is 11.3 Å². The minimum absolute atomic E-state index is 0.195. The Morgan fingerprint density at radius 2 is 1.76 bits per heavy atom. The summed E-state index contributed by atoms with van der Waals surface area (Å²) in [5.41, 5.74) is 6.70. The van der Waals surface area contributed by atoms with Crippen molar-refractivity contribution in [1.29, 1.82) is 0 Å². The molecule has 2 aromatic carbocycles. The average molecular weight is 518 g/mol. The molecule has 0 aliphatic carbocycles. The van der Waals surface area contributed by atoms with E-state index in [0.29, 0.717) is 6.04 Å². The molecule has 7 nitrogen and oxygen atoms in total. The van der Waals surface area contributed by atoms with Gasteiger partial charge in [0.15, 0.2) is 0 Å². The van der Waals surface area contributed by atoms with Gasteiger partial charge in [-0.3, -0.25) is 4.79 Å². The summed E-state index contributed by atoms with van der Waals surface area (Å²) in [6, 6.07) is 22.4. The second kappa shape index (κ2) is 12.2. The quantitative estimate of drug-likeness (QED) is 0.229. The lowest BCUT2D eigenvalue weighted by Gasteiger charge is -2.36. The van der Waals surface area contributed by atoms with Gasteiger partial charge in [-0.2, -0.15) is 0 Å². The summed E-state index contributed by atoms with van der Waals surface area (Å²) in [6.45, 7) is 6.68. The molecule has 0 radical (unpaired) electrons. The molecule has 1 fully saturated rings. The number of para-hydroxylation sites is 1. The summed E-state index contributed by atoms with van der Waals surface area (Å²) in [5, 5.41) is 13.0. The number of hydrogen-bond acceptors (Lipinski definition) is 5. The Kier molecular flexibility index (Phi) is 8.80. The molecule has 0 saturated carbocycles. The smallest absolute Gasteiger partial charge is 0.290 e. The summed E-state index contributed by atoms with van der Waals surface area (Å²) in [5.74, 6) is 0. The summed E-state index contributed by atoms with van der Waals surface area (Å²) < 4.78 is 0. The largest absolute Gasteiger partial charge is 0.483 e. The fourth-order valence-electron chi connectivity index (χ4n) is 4.88. The highest BCUT2D eigenvalue weighted by Crippen LogP contribution is 2.33. The van der Waals surface area contributed by atoms with Gasteiger partial charge in [0.2, 0.25) is 0 Å². The number of carboxylic acid groups (broad SMARTS) is 1. The van der Waals surface area contributed by atoms with Gasteiger partial charge in [0.1, 0.15) is 5.65 Å². The van der Waals surface area contributed by atoms with Gasteiger partial charge in [-0.15, -0.1) is 0 Å². The maximum atomic E-state index is 8.36. The van der Waals surface area contributed by atoms with Crippen molar-refractivity contribution in [2.75, 3.05) is 50.7 Å². The number of nitrogens with one attached hydrogen (secondary N) is 2. The minimum atomic E-state index is -0.250. The van der Waals surface area contributed by atoms with Crippen molar-refractivity contribution in [2.45, 2.75) is 18.9 Å². The monoisotopic (exact) mass is 517 g/mol. The van der Waals surface area contributed by atoms with Gasteiger partial charge < -0.3 is 25.2 Å².